The average molecular weight is 306 g/mol. The highest BCUT2D eigenvalue weighted by Gasteiger charge is 2.17. The number of methoxy groups -OCH3 is 1. The van der Waals surface area contributed by atoms with Crippen LogP contribution in [0.15, 0.2) is 29.7 Å². The molecule has 1 N–H and O–H groups in total. The Kier molecular flexibility index (Phi) is 5.64. The lowest BCUT2D eigenvalue weighted by Gasteiger charge is -2.20. The van der Waals surface area contributed by atoms with Gasteiger partial charge in [-0.3, -0.25) is 0 Å². The molecule has 0 aliphatic heterocycles. The van der Waals surface area contributed by atoms with Crippen LogP contribution in [0, 0.1) is 6.92 Å². The molecule has 6 heteroatoms. The van der Waals surface area contributed by atoms with Crippen LogP contribution in [-0.4, -0.2) is 34.2 Å². The lowest BCUT2D eigenvalue weighted by Crippen LogP contribution is -2.23. The molecule has 1 atom stereocenters. The molecule has 114 valence electrons. The first kappa shape index (κ1) is 15.9. The predicted molar refractivity (Wildman–Crippen MR) is 85.9 cm³/mol. The number of aromatic nitrogens is 3. The van der Waals surface area contributed by atoms with E-state index >= 15 is 0 Å². The Morgan fingerprint density at radius 2 is 2.24 bits per heavy atom. The van der Waals surface area contributed by atoms with E-state index in [1.165, 1.54) is 11.1 Å². The molecule has 5 nitrogen and oxygen atoms in total. The Labute approximate surface area is 130 Å². The van der Waals surface area contributed by atoms with E-state index in [1.54, 1.807) is 25.2 Å². The normalized spacial score (nSPS) is 12.4. The Morgan fingerprint density at radius 1 is 1.43 bits per heavy atom. The van der Waals surface area contributed by atoms with E-state index in [2.05, 4.69) is 41.5 Å². The van der Waals surface area contributed by atoms with Crippen LogP contribution >= 0.6 is 11.8 Å². The van der Waals surface area contributed by atoms with E-state index in [-0.39, 0.29) is 6.04 Å². The Morgan fingerprint density at radius 3 is 2.86 bits per heavy atom. The minimum absolute atomic E-state index is 0.214. The summed E-state index contributed by atoms with van der Waals surface area (Å²) in [6, 6.07) is 6.50. The van der Waals surface area contributed by atoms with E-state index in [9.17, 15) is 0 Å². The van der Waals surface area contributed by atoms with Gasteiger partial charge in [0.1, 0.15) is 12.1 Å². The van der Waals surface area contributed by atoms with E-state index in [4.69, 9.17) is 4.74 Å². The minimum atomic E-state index is 0.214. The molecule has 21 heavy (non-hydrogen) atoms. The molecule has 0 saturated heterocycles. The summed E-state index contributed by atoms with van der Waals surface area (Å²) >= 11 is 1.69. The van der Waals surface area contributed by atoms with Crippen molar-refractivity contribution < 1.29 is 4.74 Å². The van der Waals surface area contributed by atoms with Gasteiger partial charge in [0.2, 0.25) is 0 Å². The summed E-state index contributed by atoms with van der Waals surface area (Å²) in [6.07, 6.45) is 1.72. The number of aryl methyl sites for hydroxylation is 2. The SMILES string of the molecule is CCNC(CSc1nncn1C)c1cc(C)ccc1OC. The summed E-state index contributed by atoms with van der Waals surface area (Å²) in [5.74, 6) is 1.80. The fourth-order valence-corrected chi connectivity index (χ4v) is 3.16. The minimum Gasteiger partial charge on any atom is -0.496 e. The second-order valence-electron chi connectivity index (χ2n) is 4.89. The van der Waals surface area contributed by atoms with E-state index in [0.29, 0.717) is 0 Å². The van der Waals surface area contributed by atoms with Crippen LogP contribution < -0.4 is 10.1 Å². The van der Waals surface area contributed by atoms with Crippen LogP contribution in [0.4, 0.5) is 0 Å². The first-order valence-electron chi connectivity index (χ1n) is 7.00. The van der Waals surface area contributed by atoms with Crippen LogP contribution in [0.25, 0.3) is 0 Å². The van der Waals surface area contributed by atoms with Gasteiger partial charge >= 0.3 is 0 Å². The van der Waals surface area contributed by atoms with Gasteiger partial charge < -0.3 is 14.6 Å². The number of nitrogens with one attached hydrogen (secondary N) is 1. The number of hydrogen-bond donors (Lipinski definition) is 1. The zero-order valence-corrected chi connectivity index (χ0v) is 13.8. The van der Waals surface area contributed by atoms with Crippen LogP contribution in [0.2, 0.25) is 0 Å². The molecule has 2 aromatic rings. The van der Waals surface area contributed by atoms with Gasteiger partial charge in [-0.2, -0.15) is 0 Å². The Balaban J connectivity index is 2.18. The molecule has 0 fully saturated rings. The number of thioether (sulfide) groups is 1. The summed E-state index contributed by atoms with van der Waals surface area (Å²) in [4.78, 5) is 0. The maximum Gasteiger partial charge on any atom is 0.190 e. The molecule has 1 aromatic heterocycles. The molecule has 0 aliphatic rings. The van der Waals surface area contributed by atoms with Crippen LogP contribution in [0.3, 0.4) is 0 Å². The molecule has 0 amide bonds. The van der Waals surface area contributed by atoms with Gasteiger partial charge in [-0.25, -0.2) is 0 Å². The second kappa shape index (κ2) is 7.47. The maximum absolute atomic E-state index is 5.51. The number of ether oxygens (including phenoxy) is 1. The molecule has 0 saturated carbocycles. The molecule has 0 spiro atoms. The van der Waals surface area contributed by atoms with Gasteiger partial charge in [-0.1, -0.05) is 36.4 Å². The second-order valence-corrected chi connectivity index (χ2v) is 5.88. The smallest absolute Gasteiger partial charge is 0.190 e. The van der Waals surface area contributed by atoms with Crippen molar-refractivity contribution in [3.05, 3.63) is 35.7 Å². The van der Waals surface area contributed by atoms with Gasteiger partial charge in [-0.05, 0) is 19.5 Å². The van der Waals surface area contributed by atoms with E-state index < -0.39 is 0 Å². The zero-order valence-electron chi connectivity index (χ0n) is 13.0. The topological polar surface area (TPSA) is 52.0 Å². The number of nitrogens with zero attached hydrogens (tertiary/aromatic N) is 3. The number of hydrogen-bond acceptors (Lipinski definition) is 5. The summed E-state index contributed by atoms with van der Waals surface area (Å²) in [6.45, 7) is 5.12. The standard InChI is InChI=1S/C15H22N4OS/c1-5-16-13(9-21-15-18-17-10-19(15)3)12-8-11(2)6-7-14(12)20-4/h6-8,10,13,16H,5,9H2,1-4H3. The largest absolute Gasteiger partial charge is 0.496 e. The Hall–Kier alpha value is -1.53. The van der Waals surface area contributed by atoms with Gasteiger partial charge in [-0.15, -0.1) is 10.2 Å². The Bertz CT molecular complexity index is 585. The molecular formula is C15H22N4OS. The third-order valence-electron chi connectivity index (χ3n) is 3.26. The molecule has 0 aliphatic carbocycles. The van der Waals surface area contributed by atoms with Crippen LogP contribution in [0.5, 0.6) is 5.75 Å². The van der Waals surface area contributed by atoms with Crippen LogP contribution in [0.1, 0.15) is 24.1 Å². The lowest BCUT2D eigenvalue weighted by atomic mass is 10.0. The van der Waals surface area contributed by atoms with E-state index in [0.717, 1.165) is 23.2 Å². The van der Waals surface area contributed by atoms with Gasteiger partial charge in [0.15, 0.2) is 5.16 Å². The summed E-state index contributed by atoms with van der Waals surface area (Å²) < 4.78 is 7.44. The van der Waals surface area contributed by atoms with Gasteiger partial charge in [0.05, 0.1) is 7.11 Å². The summed E-state index contributed by atoms with van der Waals surface area (Å²) in [5, 5.41) is 12.5. The third kappa shape index (κ3) is 3.98. The molecular weight excluding hydrogens is 284 g/mol. The van der Waals surface area contributed by atoms with Crippen molar-refractivity contribution in [1.82, 2.24) is 20.1 Å². The number of benzene rings is 1. The molecule has 1 aromatic carbocycles. The van der Waals surface area contributed by atoms with Gasteiger partial charge in [0, 0.05) is 24.4 Å². The number of rotatable bonds is 7. The highest BCUT2D eigenvalue weighted by atomic mass is 32.2. The lowest BCUT2D eigenvalue weighted by molar-refractivity contribution is 0.403. The van der Waals surface area contributed by atoms with Crippen molar-refractivity contribution in [3.8, 4) is 5.75 Å². The van der Waals surface area contributed by atoms with Crippen molar-refractivity contribution in [1.29, 1.82) is 0 Å². The average Bonchev–Trinajstić information content (AvgIpc) is 2.89. The zero-order chi connectivity index (χ0) is 15.2. The summed E-state index contributed by atoms with van der Waals surface area (Å²) in [7, 11) is 3.67. The highest BCUT2D eigenvalue weighted by Crippen LogP contribution is 2.30. The van der Waals surface area contributed by atoms with Gasteiger partial charge in [0.25, 0.3) is 0 Å². The molecule has 0 bridgehead atoms. The van der Waals surface area contributed by atoms with Crippen LogP contribution in [-0.2, 0) is 7.05 Å². The van der Waals surface area contributed by atoms with Crippen molar-refractivity contribution >= 4 is 11.8 Å². The van der Waals surface area contributed by atoms with Crippen molar-refractivity contribution in [2.75, 3.05) is 19.4 Å². The van der Waals surface area contributed by atoms with E-state index in [1.807, 2.05) is 17.7 Å². The predicted octanol–water partition coefficient (Wildman–Crippen LogP) is 2.58. The molecule has 0 radical (unpaired) electrons. The molecule has 1 unspecified atom stereocenters. The molecule has 1 heterocycles. The van der Waals surface area contributed by atoms with Crippen molar-refractivity contribution in [2.45, 2.75) is 25.0 Å². The van der Waals surface area contributed by atoms with Crippen molar-refractivity contribution in [2.24, 2.45) is 7.05 Å². The first-order valence-corrected chi connectivity index (χ1v) is 7.99. The fraction of sp³-hybridized carbons (Fsp3) is 0.467. The monoisotopic (exact) mass is 306 g/mol. The quantitative estimate of drug-likeness (QED) is 0.797. The first-order chi connectivity index (χ1) is 10.2. The highest BCUT2D eigenvalue weighted by molar-refractivity contribution is 7.99. The summed E-state index contributed by atoms with van der Waals surface area (Å²) in [5.41, 5.74) is 2.42. The molecule has 2 rings (SSSR count). The third-order valence-corrected chi connectivity index (χ3v) is 4.39. The maximum atomic E-state index is 5.51. The van der Waals surface area contributed by atoms with Crippen molar-refractivity contribution in [3.63, 3.8) is 0 Å². The fourth-order valence-electron chi connectivity index (χ4n) is 2.19.